The fraction of sp³-hybridized carbons (Fsp3) is 0.231. The van der Waals surface area contributed by atoms with Gasteiger partial charge in [0.05, 0.1) is 6.10 Å². The number of ether oxygens (including phenoxy) is 1. The van der Waals surface area contributed by atoms with E-state index >= 15 is 0 Å². The fourth-order valence-electron chi connectivity index (χ4n) is 1.23. The lowest BCUT2D eigenvalue weighted by molar-refractivity contribution is -0.130. The number of carbonyl (C=O) groups is 2. The van der Waals surface area contributed by atoms with Gasteiger partial charge in [0.15, 0.2) is 0 Å². The van der Waals surface area contributed by atoms with Crippen LogP contribution in [0.4, 0.5) is 0 Å². The van der Waals surface area contributed by atoms with Crippen LogP contribution in [-0.2, 0) is 4.79 Å². The molecule has 0 radical (unpaired) electrons. The van der Waals surface area contributed by atoms with Gasteiger partial charge in [0.1, 0.15) is 12.0 Å². The van der Waals surface area contributed by atoms with Gasteiger partial charge in [-0.2, -0.15) is 0 Å². The summed E-state index contributed by atoms with van der Waals surface area (Å²) in [5.41, 5.74) is 0.848. The minimum Gasteiger partial charge on any atom is -0.423 e. The van der Waals surface area contributed by atoms with E-state index in [4.69, 9.17) is 9.84 Å². The van der Waals surface area contributed by atoms with Gasteiger partial charge in [0.25, 0.3) is 0 Å². The number of hydrogen-bond donors (Lipinski definition) is 1. The second-order valence-corrected chi connectivity index (χ2v) is 3.67. The number of aliphatic hydroxyl groups is 1. The van der Waals surface area contributed by atoms with Crippen LogP contribution in [0.1, 0.15) is 24.2 Å². The van der Waals surface area contributed by atoms with Crippen LogP contribution >= 0.6 is 0 Å². The van der Waals surface area contributed by atoms with Crippen molar-refractivity contribution in [1.82, 2.24) is 0 Å². The van der Waals surface area contributed by atoms with Crippen LogP contribution in [0.3, 0.4) is 0 Å². The zero-order valence-electron chi connectivity index (χ0n) is 9.71. The van der Waals surface area contributed by atoms with E-state index in [-0.39, 0.29) is 0 Å². The Labute approximate surface area is 99.5 Å². The van der Waals surface area contributed by atoms with E-state index in [1.807, 2.05) is 0 Å². The van der Waals surface area contributed by atoms with Crippen LogP contribution in [0.25, 0.3) is 0 Å². The molecule has 0 aliphatic heterocycles. The highest BCUT2D eigenvalue weighted by Crippen LogP contribution is 2.13. The van der Waals surface area contributed by atoms with Gasteiger partial charge < -0.3 is 9.84 Å². The molecule has 0 amide bonds. The van der Waals surface area contributed by atoms with E-state index < -0.39 is 12.1 Å². The molecule has 0 aromatic heterocycles. The van der Waals surface area contributed by atoms with Crippen molar-refractivity contribution in [3.8, 4) is 5.75 Å². The minimum atomic E-state index is -0.694. The van der Waals surface area contributed by atoms with Crippen molar-refractivity contribution in [2.45, 2.75) is 20.0 Å². The molecule has 0 fully saturated rings. The van der Waals surface area contributed by atoms with Crippen LogP contribution < -0.4 is 4.74 Å². The summed E-state index contributed by atoms with van der Waals surface area (Å²) in [7, 11) is 0. The van der Waals surface area contributed by atoms with E-state index in [0.717, 1.165) is 0 Å². The Bertz CT molecular complexity index is 429. The zero-order valence-corrected chi connectivity index (χ0v) is 9.71. The number of carbonyl (C=O) groups excluding carboxylic acids is 2. The molecule has 0 aliphatic rings. The Hall–Kier alpha value is -1.94. The molecular formula is C13H14O4. The molecule has 1 N–H and O–H groups in total. The maximum absolute atomic E-state index is 11.5. The highest BCUT2D eigenvalue weighted by atomic mass is 16.5. The molecule has 0 aliphatic carbocycles. The van der Waals surface area contributed by atoms with Crippen LogP contribution in [0.2, 0.25) is 0 Å². The average Bonchev–Trinajstić information content (AvgIpc) is 2.29. The number of aldehydes is 1. The number of hydrogen-bond acceptors (Lipinski definition) is 4. The second-order valence-electron chi connectivity index (χ2n) is 3.67. The summed E-state index contributed by atoms with van der Waals surface area (Å²) >= 11 is 0. The van der Waals surface area contributed by atoms with Gasteiger partial charge in [-0.05, 0) is 44.2 Å². The zero-order chi connectivity index (χ0) is 12.8. The molecule has 0 spiro atoms. The Kier molecular flexibility index (Phi) is 4.60. The predicted octanol–water partition coefficient (Wildman–Crippen LogP) is 1.73. The topological polar surface area (TPSA) is 63.6 Å². The minimum absolute atomic E-state index is 0.333. The number of rotatable bonds is 4. The smallest absolute Gasteiger partial charge is 0.338 e. The molecule has 1 rings (SSSR count). The van der Waals surface area contributed by atoms with Gasteiger partial charge in [-0.3, -0.25) is 4.79 Å². The summed E-state index contributed by atoms with van der Waals surface area (Å²) in [6.45, 7) is 3.12. The third kappa shape index (κ3) is 4.20. The lowest BCUT2D eigenvalue weighted by Gasteiger charge is -2.05. The van der Waals surface area contributed by atoms with E-state index in [1.54, 1.807) is 26.0 Å². The fourth-order valence-corrected chi connectivity index (χ4v) is 1.23. The van der Waals surface area contributed by atoms with Crippen molar-refractivity contribution in [3.63, 3.8) is 0 Å². The Morgan fingerprint density at radius 3 is 2.41 bits per heavy atom. The highest BCUT2D eigenvalue weighted by Gasteiger charge is 2.08. The largest absolute Gasteiger partial charge is 0.423 e. The summed E-state index contributed by atoms with van der Waals surface area (Å²) in [5, 5.41) is 9.08. The molecule has 90 valence electrons. The molecular weight excluding hydrogens is 220 g/mol. The highest BCUT2D eigenvalue weighted by molar-refractivity contribution is 5.89. The summed E-state index contributed by atoms with van der Waals surface area (Å²) in [6, 6.07) is 6.20. The first-order valence-electron chi connectivity index (χ1n) is 5.17. The molecule has 0 saturated heterocycles. The quantitative estimate of drug-likeness (QED) is 0.373. The Morgan fingerprint density at radius 1 is 1.35 bits per heavy atom. The Morgan fingerprint density at radius 2 is 1.94 bits per heavy atom. The SMILES string of the molecule is CC(=CC(C)O)C(=O)Oc1ccc(C=O)cc1. The summed E-state index contributed by atoms with van der Waals surface area (Å²) < 4.78 is 5.04. The lowest BCUT2D eigenvalue weighted by atomic mass is 10.2. The van der Waals surface area contributed by atoms with Gasteiger partial charge in [-0.25, -0.2) is 4.79 Å². The van der Waals surface area contributed by atoms with Crippen molar-refractivity contribution >= 4 is 12.3 Å². The van der Waals surface area contributed by atoms with Crippen LogP contribution in [0, 0.1) is 0 Å². The molecule has 17 heavy (non-hydrogen) atoms. The van der Waals surface area contributed by atoms with Gasteiger partial charge in [0, 0.05) is 11.1 Å². The van der Waals surface area contributed by atoms with Crippen LogP contribution in [0.15, 0.2) is 35.9 Å². The van der Waals surface area contributed by atoms with Crippen LogP contribution in [-0.4, -0.2) is 23.5 Å². The molecule has 4 heteroatoms. The monoisotopic (exact) mass is 234 g/mol. The van der Waals surface area contributed by atoms with E-state index in [0.29, 0.717) is 23.2 Å². The summed E-state index contributed by atoms with van der Waals surface area (Å²) in [6.07, 6.45) is 1.42. The molecule has 0 saturated carbocycles. The number of aliphatic hydroxyl groups excluding tert-OH is 1. The molecule has 4 nitrogen and oxygen atoms in total. The van der Waals surface area contributed by atoms with Crippen molar-refractivity contribution in [2.75, 3.05) is 0 Å². The van der Waals surface area contributed by atoms with Crippen molar-refractivity contribution < 1.29 is 19.4 Å². The number of benzene rings is 1. The first-order valence-corrected chi connectivity index (χ1v) is 5.17. The van der Waals surface area contributed by atoms with Crippen molar-refractivity contribution in [2.24, 2.45) is 0 Å². The molecule has 1 unspecified atom stereocenters. The predicted molar refractivity (Wildman–Crippen MR) is 62.9 cm³/mol. The van der Waals surface area contributed by atoms with Crippen molar-refractivity contribution in [1.29, 1.82) is 0 Å². The van der Waals surface area contributed by atoms with E-state index in [1.165, 1.54) is 18.2 Å². The van der Waals surface area contributed by atoms with Crippen molar-refractivity contribution in [3.05, 3.63) is 41.5 Å². The molecule has 0 bridgehead atoms. The lowest BCUT2D eigenvalue weighted by Crippen LogP contribution is -2.11. The van der Waals surface area contributed by atoms with Gasteiger partial charge in [-0.1, -0.05) is 0 Å². The first-order chi connectivity index (χ1) is 8.02. The first kappa shape index (κ1) is 13.1. The number of esters is 1. The van der Waals surface area contributed by atoms with Gasteiger partial charge in [0.2, 0.25) is 0 Å². The summed E-state index contributed by atoms with van der Waals surface area (Å²) in [4.78, 5) is 22.0. The standard InChI is InChI=1S/C13H14O4/c1-9(7-10(2)15)13(16)17-12-5-3-11(8-14)4-6-12/h3-8,10,15H,1-2H3. The summed E-state index contributed by atoms with van der Waals surface area (Å²) in [5.74, 6) is -0.163. The Balaban J connectivity index is 2.71. The molecule has 1 aromatic carbocycles. The van der Waals surface area contributed by atoms with E-state index in [9.17, 15) is 9.59 Å². The van der Waals surface area contributed by atoms with Gasteiger partial charge >= 0.3 is 5.97 Å². The second kappa shape index (κ2) is 5.96. The maximum atomic E-state index is 11.5. The molecule has 1 atom stereocenters. The maximum Gasteiger partial charge on any atom is 0.338 e. The van der Waals surface area contributed by atoms with Gasteiger partial charge in [-0.15, -0.1) is 0 Å². The normalized spacial score (nSPS) is 13.0. The third-order valence-electron chi connectivity index (χ3n) is 2.04. The average molecular weight is 234 g/mol. The van der Waals surface area contributed by atoms with E-state index in [2.05, 4.69) is 0 Å². The van der Waals surface area contributed by atoms with Crippen LogP contribution in [0.5, 0.6) is 5.75 Å². The molecule has 0 heterocycles. The molecule has 1 aromatic rings. The third-order valence-corrected chi connectivity index (χ3v) is 2.04.